The van der Waals surface area contributed by atoms with Gasteiger partial charge in [-0.05, 0) is 6.92 Å². The van der Waals surface area contributed by atoms with Gasteiger partial charge in [0, 0.05) is 17.8 Å². The highest BCUT2D eigenvalue weighted by Crippen LogP contribution is 2.21. The Morgan fingerprint density at radius 2 is 2.45 bits per heavy atom. The number of hydrogen-bond donors (Lipinski definition) is 3. The molecule has 9 heteroatoms. The second kappa shape index (κ2) is 4.80. The maximum absolute atomic E-state index is 12.1. The van der Waals surface area contributed by atoms with Crippen LogP contribution in [0.1, 0.15) is 29.1 Å². The van der Waals surface area contributed by atoms with Crippen molar-refractivity contribution in [1.82, 2.24) is 24.9 Å². The first-order valence-electron chi connectivity index (χ1n) is 5.78. The van der Waals surface area contributed by atoms with E-state index in [-0.39, 0.29) is 28.5 Å². The minimum Gasteiger partial charge on any atom is -0.381 e. The number of nitrogens with two attached hydrogens (primary N) is 1. The van der Waals surface area contributed by atoms with Crippen LogP contribution in [0.15, 0.2) is 17.8 Å². The summed E-state index contributed by atoms with van der Waals surface area (Å²) in [6.45, 7) is 1.85. The Balaban J connectivity index is 1.78. The number of carbonyl (C=O) groups excluding carboxylic acids is 1. The van der Waals surface area contributed by atoms with Crippen molar-refractivity contribution in [2.75, 3.05) is 5.73 Å². The molecule has 3 heterocycles. The molecule has 3 aromatic heterocycles. The number of rotatable bonds is 3. The highest BCUT2D eigenvalue weighted by Gasteiger charge is 2.19. The molecular formula is C11H11ClN6OS. The number of fused-ring (bicyclic) bond motifs is 1. The minimum absolute atomic E-state index is 0.104. The summed E-state index contributed by atoms with van der Waals surface area (Å²) in [5.41, 5.74) is 6.41. The number of carbonyl (C=O) groups is 1. The van der Waals surface area contributed by atoms with Crippen LogP contribution in [0.4, 0.5) is 5.82 Å². The third kappa shape index (κ3) is 2.12. The van der Waals surface area contributed by atoms with Crippen LogP contribution in [0.3, 0.4) is 0 Å². The average molecular weight is 311 g/mol. The molecule has 104 valence electrons. The fraction of sp³-hybridized carbons (Fsp3) is 0.182. The average Bonchev–Trinajstić information content (AvgIpc) is 3.05. The standard InChI is InChI=1S/C11H11ClN6OS/c1-5(6-4-18-2-3-20-11(18)15-6)14-10(19)8-7(12)9(13)17-16-8/h2-5H,1H3,(H,14,19)(H3,13,16,17)/t5-/m0/s1. The van der Waals surface area contributed by atoms with E-state index in [2.05, 4.69) is 20.5 Å². The van der Waals surface area contributed by atoms with Crippen molar-refractivity contribution in [3.63, 3.8) is 0 Å². The van der Waals surface area contributed by atoms with Gasteiger partial charge in [-0.3, -0.25) is 14.3 Å². The molecule has 0 saturated heterocycles. The number of nitrogen functional groups attached to an aromatic ring is 1. The van der Waals surface area contributed by atoms with Gasteiger partial charge in [-0.25, -0.2) is 4.98 Å². The van der Waals surface area contributed by atoms with Crippen LogP contribution in [-0.4, -0.2) is 25.5 Å². The molecule has 1 amide bonds. The number of imidazole rings is 1. The molecule has 7 nitrogen and oxygen atoms in total. The SMILES string of the molecule is C[C@H](NC(=O)c1[nH]nc(N)c1Cl)c1cn2ccsc2n1. The molecule has 4 N–H and O–H groups in total. The second-order valence-electron chi connectivity index (χ2n) is 4.25. The highest BCUT2D eigenvalue weighted by atomic mass is 35.5. The van der Waals surface area contributed by atoms with Gasteiger partial charge in [-0.15, -0.1) is 11.3 Å². The zero-order valence-corrected chi connectivity index (χ0v) is 12.0. The molecule has 0 unspecified atom stereocenters. The summed E-state index contributed by atoms with van der Waals surface area (Å²) in [4.78, 5) is 17.4. The van der Waals surface area contributed by atoms with Crippen molar-refractivity contribution in [3.8, 4) is 0 Å². The maximum Gasteiger partial charge on any atom is 0.271 e. The van der Waals surface area contributed by atoms with E-state index in [1.807, 2.05) is 29.1 Å². The van der Waals surface area contributed by atoms with Gasteiger partial charge in [-0.2, -0.15) is 5.10 Å². The molecule has 0 aliphatic heterocycles. The zero-order chi connectivity index (χ0) is 14.3. The fourth-order valence-electron chi connectivity index (χ4n) is 1.79. The Hall–Kier alpha value is -2.06. The number of aromatic nitrogens is 4. The van der Waals surface area contributed by atoms with E-state index < -0.39 is 0 Å². The van der Waals surface area contributed by atoms with Crippen molar-refractivity contribution >= 4 is 39.6 Å². The molecule has 0 saturated carbocycles. The number of halogens is 1. The Kier molecular flexibility index (Phi) is 3.11. The van der Waals surface area contributed by atoms with Gasteiger partial charge in [0.15, 0.2) is 10.8 Å². The van der Waals surface area contributed by atoms with Gasteiger partial charge in [0.2, 0.25) is 0 Å². The van der Waals surface area contributed by atoms with Gasteiger partial charge in [0.05, 0.1) is 11.7 Å². The molecule has 0 radical (unpaired) electrons. The van der Waals surface area contributed by atoms with E-state index in [1.54, 1.807) is 0 Å². The smallest absolute Gasteiger partial charge is 0.271 e. The number of hydrogen-bond acceptors (Lipinski definition) is 5. The van der Waals surface area contributed by atoms with Crippen molar-refractivity contribution in [2.24, 2.45) is 0 Å². The molecule has 1 atom stereocenters. The lowest BCUT2D eigenvalue weighted by molar-refractivity contribution is 0.0934. The predicted molar refractivity (Wildman–Crippen MR) is 77.0 cm³/mol. The molecule has 0 bridgehead atoms. The highest BCUT2D eigenvalue weighted by molar-refractivity contribution is 7.15. The number of thiazole rings is 1. The summed E-state index contributed by atoms with van der Waals surface area (Å²) >= 11 is 7.41. The van der Waals surface area contributed by atoms with E-state index in [0.717, 1.165) is 10.7 Å². The Morgan fingerprint density at radius 1 is 1.65 bits per heavy atom. The number of H-pyrrole nitrogens is 1. The predicted octanol–water partition coefficient (Wildman–Crippen LogP) is 1.85. The minimum atomic E-state index is -0.372. The van der Waals surface area contributed by atoms with Crippen LogP contribution in [0.5, 0.6) is 0 Å². The lowest BCUT2D eigenvalue weighted by Gasteiger charge is -2.10. The third-order valence-electron chi connectivity index (χ3n) is 2.86. The van der Waals surface area contributed by atoms with Crippen LogP contribution in [0, 0.1) is 0 Å². The number of aromatic amines is 1. The Bertz CT molecular complexity index is 746. The normalized spacial score (nSPS) is 12.7. The monoisotopic (exact) mass is 310 g/mol. The summed E-state index contributed by atoms with van der Waals surface area (Å²) in [5.74, 6) is -0.268. The van der Waals surface area contributed by atoms with Gasteiger partial charge in [0.25, 0.3) is 5.91 Å². The molecule has 0 spiro atoms. The number of amides is 1. The van der Waals surface area contributed by atoms with E-state index in [9.17, 15) is 4.79 Å². The third-order valence-corrected chi connectivity index (χ3v) is 4.02. The lowest BCUT2D eigenvalue weighted by Crippen LogP contribution is -2.27. The van der Waals surface area contributed by atoms with Gasteiger partial charge in [0.1, 0.15) is 10.7 Å². The van der Waals surface area contributed by atoms with E-state index in [4.69, 9.17) is 17.3 Å². The number of nitrogens with one attached hydrogen (secondary N) is 2. The fourth-order valence-corrected chi connectivity index (χ4v) is 2.67. The van der Waals surface area contributed by atoms with Crippen molar-refractivity contribution in [1.29, 1.82) is 0 Å². The molecule has 0 aliphatic carbocycles. The first kappa shape index (κ1) is 12.9. The topological polar surface area (TPSA) is 101 Å². The molecule has 0 aliphatic rings. The molecular weight excluding hydrogens is 300 g/mol. The summed E-state index contributed by atoms with van der Waals surface area (Å²) in [6.07, 6.45) is 3.79. The zero-order valence-electron chi connectivity index (χ0n) is 10.4. The Morgan fingerprint density at radius 3 is 3.10 bits per heavy atom. The van der Waals surface area contributed by atoms with Crippen molar-refractivity contribution in [3.05, 3.63) is 34.2 Å². The summed E-state index contributed by atoms with van der Waals surface area (Å²) < 4.78 is 1.91. The van der Waals surface area contributed by atoms with Crippen LogP contribution in [0.25, 0.3) is 4.96 Å². The lowest BCUT2D eigenvalue weighted by atomic mass is 10.2. The Labute approximate surface area is 122 Å². The second-order valence-corrected chi connectivity index (χ2v) is 5.50. The van der Waals surface area contributed by atoms with E-state index in [1.165, 1.54) is 11.3 Å². The quantitative estimate of drug-likeness (QED) is 0.687. The number of nitrogens with zero attached hydrogens (tertiary/aromatic N) is 3. The maximum atomic E-state index is 12.1. The first-order chi connectivity index (χ1) is 9.56. The van der Waals surface area contributed by atoms with Crippen molar-refractivity contribution < 1.29 is 4.79 Å². The number of anilines is 1. The molecule has 3 rings (SSSR count). The van der Waals surface area contributed by atoms with Gasteiger partial charge in [-0.1, -0.05) is 11.6 Å². The molecule has 0 aromatic carbocycles. The summed E-state index contributed by atoms with van der Waals surface area (Å²) in [5, 5.41) is 11.1. The van der Waals surface area contributed by atoms with Crippen LogP contribution in [-0.2, 0) is 0 Å². The van der Waals surface area contributed by atoms with E-state index in [0.29, 0.717) is 0 Å². The summed E-state index contributed by atoms with van der Waals surface area (Å²) in [7, 11) is 0. The van der Waals surface area contributed by atoms with Gasteiger partial charge >= 0.3 is 0 Å². The molecule has 3 aromatic rings. The first-order valence-corrected chi connectivity index (χ1v) is 7.04. The van der Waals surface area contributed by atoms with Gasteiger partial charge < -0.3 is 11.1 Å². The molecule has 20 heavy (non-hydrogen) atoms. The largest absolute Gasteiger partial charge is 0.381 e. The van der Waals surface area contributed by atoms with Crippen LogP contribution >= 0.6 is 22.9 Å². The van der Waals surface area contributed by atoms with Crippen molar-refractivity contribution in [2.45, 2.75) is 13.0 Å². The van der Waals surface area contributed by atoms with Crippen LogP contribution < -0.4 is 11.1 Å². The van der Waals surface area contributed by atoms with Crippen LogP contribution in [0.2, 0.25) is 5.02 Å². The summed E-state index contributed by atoms with van der Waals surface area (Å²) in [6, 6.07) is -0.254. The van der Waals surface area contributed by atoms with E-state index >= 15 is 0 Å². The molecule has 0 fully saturated rings.